The second-order valence-electron chi connectivity index (χ2n) is 6.87. The Labute approximate surface area is 128 Å². The standard InChI is InChI=1S/C18H28N2O/c1-14(2)18-10-19-17(16-6-4-3-5-7-16)12-20(18)11-15-8-9-21-13-15/h3-7,14-15,17-19H,8-13H2,1-2H3. The van der Waals surface area contributed by atoms with Crippen LogP contribution in [0.2, 0.25) is 0 Å². The minimum absolute atomic E-state index is 0.462. The summed E-state index contributed by atoms with van der Waals surface area (Å²) in [6, 6.07) is 12.0. The molecule has 0 radical (unpaired) electrons. The largest absolute Gasteiger partial charge is 0.381 e. The zero-order chi connectivity index (χ0) is 14.7. The Morgan fingerprint density at radius 1 is 1.29 bits per heavy atom. The number of benzene rings is 1. The average molecular weight is 288 g/mol. The minimum Gasteiger partial charge on any atom is -0.381 e. The van der Waals surface area contributed by atoms with Gasteiger partial charge in [0.25, 0.3) is 0 Å². The van der Waals surface area contributed by atoms with Crippen LogP contribution in [0, 0.1) is 11.8 Å². The summed E-state index contributed by atoms with van der Waals surface area (Å²) >= 11 is 0. The molecule has 0 aliphatic carbocycles. The summed E-state index contributed by atoms with van der Waals surface area (Å²) in [6.07, 6.45) is 1.23. The molecule has 3 rings (SSSR count). The van der Waals surface area contributed by atoms with Crippen LogP contribution >= 0.6 is 0 Å². The third-order valence-electron chi connectivity index (χ3n) is 4.95. The summed E-state index contributed by atoms with van der Waals surface area (Å²) in [7, 11) is 0. The van der Waals surface area contributed by atoms with Crippen molar-refractivity contribution in [2.45, 2.75) is 32.4 Å². The highest BCUT2D eigenvalue weighted by atomic mass is 16.5. The Hall–Kier alpha value is -0.900. The lowest BCUT2D eigenvalue weighted by Gasteiger charge is -2.43. The third-order valence-corrected chi connectivity index (χ3v) is 4.95. The highest BCUT2D eigenvalue weighted by Crippen LogP contribution is 2.25. The van der Waals surface area contributed by atoms with E-state index in [0.717, 1.165) is 32.2 Å². The number of ether oxygens (including phenoxy) is 1. The molecule has 21 heavy (non-hydrogen) atoms. The van der Waals surface area contributed by atoms with Crippen molar-refractivity contribution in [3.8, 4) is 0 Å². The quantitative estimate of drug-likeness (QED) is 0.922. The number of hydrogen-bond acceptors (Lipinski definition) is 3. The van der Waals surface area contributed by atoms with Gasteiger partial charge < -0.3 is 10.1 Å². The Bertz CT molecular complexity index is 428. The fraction of sp³-hybridized carbons (Fsp3) is 0.667. The molecule has 2 aliphatic heterocycles. The van der Waals surface area contributed by atoms with Gasteiger partial charge in [0.2, 0.25) is 0 Å². The van der Waals surface area contributed by atoms with Gasteiger partial charge in [-0.3, -0.25) is 4.90 Å². The molecule has 3 atom stereocenters. The molecule has 0 saturated carbocycles. The van der Waals surface area contributed by atoms with E-state index in [1.807, 2.05) is 0 Å². The van der Waals surface area contributed by atoms with Gasteiger partial charge >= 0.3 is 0 Å². The van der Waals surface area contributed by atoms with Gasteiger partial charge in [0.1, 0.15) is 0 Å². The van der Waals surface area contributed by atoms with Gasteiger partial charge in [-0.2, -0.15) is 0 Å². The molecule has 2 heterocycles. The first-order valence-electron chi connectivity index (χ1n) is 8.34. The molecule has 3 heteroatoms. The van der Waals surface area contributed by atoms with Crippen LogP contribution in [0.15, 0.2) is 30.3 Å². The predicted molar refractivity (Wildman–Crippen MR) is 86.3 cm³/mol. The van der Waals surface area contributed by atoms with E-state index in [2.05, 4.69) is 54.4 Å². The van der Waals surface area contributed by atoms with Crippen LogP contribution in [0.25, 0.3) is 0 Å². The lowest BCUT2D eigenvalue weighted by atomic mass is 9.94. The van der Waals surface area contributed by atoms with Crippen molar-refractivity contribution >= 4 is 0 Å². The molecule has 0 spiro atoms. The highest BCUT2D eigenvalue weighted by Gasteiger charge is 2.32. The van der Waals surface area contributed by atoms with Crippen molar-refractivity contribution in [1.29, 1.82) is 0 Å². The van der Waals surface area contributed by atoms with Crippen molar-refractivity contribution in [1.82, 2.24) is 10.2 Å². The van der Waals surface area contributed by atoms with E-state index >= 15 is 0 Å². The van der Waals surface area contributed by atoms with Gasteiger partial charge in [0.05, 0.1) is 6.61 Å². The molecule has 0 amide bonds. The van der Waals surface area contributed by atoms with E-state index < -0.39 is 0 Å². The van der Waals surface area contributed by atoms with E-state index in [0.29, 0.717) is 18.0 Å². The van der Waals surface area contributed by atoms with E-state index in [4.69, 9.17) is 4.74 Å². The second kappa shape index (κ2) is 6.91. The fourth-order valence-corrected chi connectivity index (χ4v) is 3.66. The smallest absolute Gasteiger partial charge is 0.0507 e. The summed E-state index contributed by atoms with van der Waals surface area (Å²) in [5.74, 6) is 1.41. The number of rotatable bonds is 4. The third kappa shape index (κ3) is 3.65. The van der Waals surface area contributed by atoms with E-state index in [9.17, 15) is 0 Å². The number of nitrogens with one attached hydrogen (secondary N) is 1. The molecule has 0 bridgehead atoms. The Balaban J connectivity index is 1.69. The van der Waals surface area contributed by atoms with Gasteiger partial charge in [-0.05, 0) is 23.8 Å². The van der Waals surface area contributed by atoms with Gasteiger partial charge in [-0.1, -0.05) is 44.2 Å². The number of piperazine rings is 1. The molecule has 116 valence electrons. The maximum atomic E-state index is 5.56. The maximum Gasteiger partial charge on any atom is 0.0507 e. The van der Waals surface area contributed by atoms with Crippen molar-refractivity contribution in [3.05, 3.63) is 35.9 Å². The highest BCUT2D eigenvalue weighted by molar-refractivity contribution is 5.20. The summed E-state index contributed by atoms with van der Waals surface area (Å²) in [4.78, 5) is 2.71. The average Bonchev–Trinajstić information content (AvgIpc) is 3.01. The molecule has 1 aromatic rings. The summed E-state index contributed by atoms with van der Waals surface area (Å²) in [5, 5.41) is 3.75. The molecule has 2 aliphatic rings. The van der Waals surface area contributed by atoms with E-state index in [1.165, 1.54) is 18.5 Å². The van der Waals surface area contributed by atoms with Crippen molar-refractivity contribution in [2.75, 3.05) is 32.8 Å². The van der Waals surface area contributed by atoms with Gasteiger partial charge in [0.15, 0.2) is 0 Å². The first-order valence-corrected chi connectivity index (χ1v) is 8.34. The monoisotopic (exact) mass is 288 g/mol. The fourth-order valence-electron chi connectivity index (χ4n) is 3.66. The molecule has 1 aromatic carbocycles. The molecule has 2 saturated heterocycles. The normalized spacial score (nSPS) is 30.9. The predicted octanol–water partition coefficient (Wildman–Crippen LogP) is 2.69. The topological polar surface area (TPSA) is 24.5 Å². The summed E-state index contributed by atoms with van der Waals surface area (Å²) < 4.78 is 5.56. The Kier molecular flexibility index (Phi) is 4.94. The zero-order valence-electron chi connectivity index (χ0n) is 13.3. The van der Waals surface area contributed by atoms with Crippen LogP contribution < -0.4 is 5.32 Å². The van der Waals surface area contributed by atoms with Gasteiger partial charge in [-0.15, -0.1) is 0 Å². The van der Waals surface area contributed by atoms with Crippen LogP contribution in [0.3, 0.4) is 0 Å². The lowest BCUT2D eigenvalue weighted by molar-refractivity contribution is 0.0768. The second-order valence-corrected chi connectivity index (χ2v) is 6.87. The Morgan fingerprint density at radius 3 is 2.76 bits per heavy atom. The van der Waals surface area contributed by atoms with Crippen molar-refractivity contribution in [3.63, 3.8) is 0 Å². The van der Waals surface area contributed by atoms with E-state index in [1.54, 1.807) is 0 Å². The van der Waals surface area contributed by atoms with Crippen molar-refractivity contribution < 1.29 is 4.74 Å². The molecule has 3 nitrogen and oxygen atoms in total. The lowest BCUT2D eigenvalue weighted by Crippen LogP contribution is -2.55. The van der Waals surface area contributed by atoms with Gasteiger partial charge in [0, 0.05) is 38.3 Å². The maximum absolute atomic E-state index is 5.56. The molecule has 3 unspecified atom stereocenters. The van der Waals surface area contributed by atoms with Crippen LogP contribution in [0.5, 0.6) is 0 Å². The Morgan fingerprint density at radius 2 is 2.10 bits per heavy atom. The van der Waals surface area contributed by atoms with E-state index in [-0.39, 0.29) is 0 Å². The molecular formula is C18H28N2O. The number of hydrogen-bond donors (Lipinski definition) is 1. The van der Waals surface area contributed by atoms with Crippen LogP contribution in [0.1, 0.15) is 31.9 Å². The summed E-state index contributed by atoms with van der Waals surface area (Å²) in [6.45, 7) is 9.97. The SMILES string of the molecule is CC(C)C1CNC(c2ccccc2)CN1CC1CCOC1. The zero-order valence-corrected chi connectivity index (χ0v) is 13.3. The number of nitrogens with zero attached hydrogens (tertiary/aromatic N) is 1. The van der Waals surface area contributed by atoms with Crippen LogP contribution in [-0.4, -0.2) is 43.8 Å². The first kappa shape index (κ1) is 15.0. The van der Waals surface area contributed by atoms with Crippen LogP contribution in [0.4, 0.5) is 0 Å². The van der Waals surface area contributed by atoms with Crippen molar-refractivity contribution in [2.24, 2.45) is 11.8 Å². The molecule has 2 fully saturated rings. The minimum atomic E-state index is 0.462. The van der Waals surface area contributed by atoms with Crippen LogP contribution in [-0.2, 0) is 4.74 Å². The molecule has 1 N–H and O–H groups in total. The van der Waals surface area contributed by atoms with Gasteiger partial charge in [-0.25, -0.2) is 0 Å². The molecule has 0 aromatic heterocycles. The molecular weight excluding hydrogens is 260 g/mol. The first-order chi connectivity index (χ1) is 10.2. The summed E-state index contributed by atoms with van der Waals surface area (Å²) in [5.41, 5.74) is 1.41.